The number of aromatic nitrogens is 5. The fourth-order valence-electron chi connectivity index (χ4n) is 4.06. The molecule has 0 atom stereocenters. The lowest BCUT2D eigenvalue weighted by molar-refractivity contribution is -0.672. The first-order valence-corrected chi connectivity index (χ1v) is 11.3. The van der Waals surface area contributed by atoms with Gasteiger partial charge in [-0.2, -0.15) is 0 Å². The second-order valence-corrected chi connectivity index (χ2v) is 8.47. The predicted molar refractivity (Wildman–Crippen MR) is 121 cm³/mol. The van der Waals surface area contributed by atoms with Gasteiger partial charge in [-0.25, -0.2) is 4.98 Å². The Bertz CT molecular complexity index is 1580. The van der Waals surface area contributed by atoms with Crippen molar-refractivity contribution in [3.8, 4) is 39.9 Å². The Labute approximate surface area is 197 Å². The third-order valence-corrected chi connectivity index (χ3v) is 6.44. The number of fused-ring (bicyclic) bond motifs is 3. The van der Waals surface area contributed by atoms with Gasteiger partial charge in [0.15, 0.2) is 5.95 Å². The lowest BCUT2D eigenvalue weighted by atomic mass is 10.0. The minimum absolute atomic E-state index is 0.0791. The molecule has 5 aromatic rings. The molecule has 0 saturated carbocycles. The second kappa shape index (κ2) is 7.92. The van der Waals surface area contributed by atoms with Crippen molar-refractivity contribution < 1.29 is 23.8 Å². The van der Waals surface area contributed by atoms with E-state index >= 15 is 0 Å². The highest BCUT2D eigenvalue weighted by atomic mass is 32.2. The number of hydrogen-bond donors (Lipinski definition) is 0. The van der Waals surface area contributed by atoms with E-state index in [-0.39, 0.29) is 11.4 Å². The van der Waals surface area contributed by atoms with Gasteiger partial charge in [-0.05, 0) is 22.2 Å². The average molecular weight is 469 g/mol. The van der Waals surface area contributed by atoms with Crippen LogP contribution in [0.4, 0.5) is 0 Å². The number of carbonyl (C=O) groups excluding carboxylic acids is 1. The zero-order valence-corrected chi connectivity index (χ0v) is 18.6. The number of rotatable bonds is 6. The topological polar surface area (TPSA) is 118 Å². The second-order valence-electron chi connectivity index (χ2n) is 7.53. The first-order chi connectivity index (χ1) is 16.6. The zero-order valence-electron chi connectivity index (χ0n) is 17.8. The SMILES string of the molecule is COc1ccc(-[n+]2noc([O-])c2C(=O)CSc2nnc3c(n2)-c2cccc4cccc-3c24)cc1. The molecular formula is C24H15N5O4S. The molecule has 0 saturated heterocycles. The van der Waals surface area contributed by atoms with Gasteiger partial charge in [0.2, 0.25) is 16.6 Å². The summed E-state index contributed by atoms with van der Waals surface area (Å²) in [6, 6.07) is 18.8. The summed E-state index contributed by atoms with van der Waals surface area (Å²) in [5.74, 6) is -0.708. The Hall–Kier alpha value is -4.31. The lowest BCUT2D eigenvalue weighted by Gasteiger charge is -2.03. The Morgan fingerprint density at radius 2 is 1.76 bits per heavy atom. The van der Waals surface area contributed by atoms with Crippen LogP contribution in [0.2, 0.25) is 0 Å². The molecule has 0 bridgehead atoms. The average Bonchev–Trinajstić information content (AvgIpc) is 3.42. The molecule has 166 valence electrons. The molecule has 3 aromatic carbocycles. The normalized spacial score (nSPS) is 11.6. The molecular weight excluding hydrogens is 454 g/mol. The quantitative estimate of drug-likeness (QED) is 0.206. The van der Waals surface area contributed by atoms with Crippen molar-refractivity contribution in [3.05, 3.63) is 66.4 Å². The van der Waals surface area contributed by atoms with E-state index in [1.54, 1.807) is 31.4 Å². The summed E-state index contributed by atoms with van der Waals surface area (Å²) in [6.45, 7) is 0. The summed E-state index contributed by atoms with van der Waals surface area (Å²) in [7, 11) is 1.55. The zero-order chi connectivity index (χ0) is 23.2. The molecule has 0 spiro atoms. The highest BCUT2D eigenvalue weighted by molar-refractivity contribution is 7.99. The standard InChI is InChI=1S/C24H15N5O4S/c1-32-15-10-8-14(9-11-15)29-22(23(31)33-28-29)18(30)12-34-24-25-20-16-6-2-4-13-5-3-7-17(19(13)16)21(20)26-27-24/h2-11H,12H2,1H3. The van der Waals surface area contributed by atoms with Gasteiger partial charge in [-0.15, -0.1) is 10.2 Å². The molecule has 9 nitrogen and oxygen atoms in total. The van der Waals surface area contributed by atoms with Crippen molar-refractivity contribution in [2.45, 2.75) is 5.16 Å². The number of Topliss-reactive ketones (excluding diaryl/α,β-unsaturated/α-hetero) is 1. The summed E-state index contributed by atoms with van der Waals surface area (Å²) in [4.78, 5) is 17.6. The smallest absolute Gasteiger partial charge is 0.307 e. The maximum Gasteiger partial charge on any atom is 0.307 e. The number of benzene rings is 3. The van der Waals surface area contributed by atoms with E-state index in [1.165, 1.54) is 4.68 Å². The molecule has 10 heteroatoms. The van der Waals surface area contributed by atoms with Crippen LogP contribution in [-0.2, 0) is 0 Å². The van der Waals surface area contributed by atoms with Gasteiger partial charge in [0.25, 0.3) is 0 Å². The van der Waals surface area contributed by atoms with E-state index in [9.17, 15) is 9.90 Å². The summed E-state index contributed by atoms with van der Waals surface area (Å²) < 4.78 is 11.1. The van der Waals surface area contributed by atoms with Gasteiger partial charge < -0.3 is 14.4 Å². The highest BCUT2D eigenvalue weighted by Crippen LogP contribution is 2.44. The molecule has 2 aromatic heterocycles. The van der Waals surface area contributed by atoms with Crippen LogP contribution in [0.3, 0.4) is 0 Å². The molecule has 6 rings (SSSR count). The molecule has 0 fully saturated rings. The number of ether oxygens (including phenoxy) is 1. The Morgan fingerprint density at radius 3 is 2.50 bits per heavy atom. The maximum absolute atomic E-state index is 12.9. The molecule has 0 amide bonds. The minimum atomic E-state index is -0.809. The number of methoxy groups -OCH3 is 1. The van der Waals surface area contributed by atoms with Crippen LogP contribution in [0.25, 0.3) is 39.0 Å². The third kappa shape index (κ3) is 3.19. The third-order valence-electron chi connectivity index (χ3n) is 5.61. The number of nitrogens with zero attached hydrogens (tertiary/aromatic N) is 5. The fraction of sp³-hybridized carbons (Fsp3) is 0.0833. The largest absolute Gasteiger partial charge is 0.539 e. The Kier molecular flexibility index (Phi) is 4.73. The molecule has 1 aliphatic carbocycles. The van der Waals surface area contributed by atoms with Crippen molar-refractivity contribution in [1.29, 1.82) is 0 Å². The molecule has 0 radical (unpaired) electrons. The van der Waals surface area contributed by atoms with Crippen LogP contribution in [0.1, 0.15) is 10.5 Å². The van der Waals surface area contributed by atoms with E-state index in [0.29, 0.717) is 16.6 Å². The Morgan fingerprint density at radius 1 is 1.03 bits per heavy atom. The van der Waals surface area contributed by atoms with E-state index < -0.39 is 11.7 Å². The fourth-order valence-corrected chi connectivity index (χ4v) is 4.71. The molecule has 1 aliphatic rings. The first kappa shape index (κ1) is 20.3. The van der Waals surface area contributed by atoms with E-state index in [4.69, 9.17) is 9.26 Å². The minimum Gasteiger partial charge on any atom is -0.539 e. The van der Waals surface area contributed by atoms with Gasteiger partial charge in [0.05, 0.1) is 18.1 Å². The van der Waals surface area contributed by atoms with E-state index in [1.807, 2.05) is 36.4 Å². The number of carbonyl (C=O) groups is 1. The van der Waals surface area contributed by atoms with Gasteiger partial charge in [0.1, 0.15) is 17.1 Å². The molecule has 2 heterocycles. The van der Waals surface area contributed by atoms with Crippen LogP contribution >= 0.6 is 11.8 Å². The van der Waals surface area contributed by atoms with E-state index in [2.05, 4.69) is 20.5 Å². The van der Waals surface area contributed by atoms with E-state index in [0.717, 1.165) is 45.0 Å². The summed E-state index contributed by atoms with van der Waals surface area (Å²) in [6.07, 6.45) is 0. The molecule has 34 heavy (non-hydrogen) atoms. The monoisotopic (exact) mass is 469 g/mol. The maximum atomic E-state index is 12.9. The van der Waals surface area contributed by atoms with Gasteiger partial charge in [-0.1, -0.05) is 48.2 Å². The van der Waals surface area contributed by atoms with Crippen LogP contribution in [0.15, 0.2) is 70.3 Å². The number of hydrogen-bond acceptors (Lipinski definition) is 9. The number of ketones is 1. The van der Waals surface area contributed by atoms with Gasteiger partial charge in [0, 0.05) is 28.6 Å². The van der Waals surface area contributed by atoms with Crippen LogP contribution in [0.5, 0.6) is 11.7 Å². The van der Waals surface area contributed by atoms with Gasteiger partial charge in [-0.3, -0.25) is 4.79 Å². The van der Waals surface area contributed by atoms with Gasteiger partial charge >= 0.3 is 5.69 Å². The predicted octanol–water partition coefficient (Wildman–Crippen LogP) is 2.99. The molecule has 0 N–H and O–H groups in total. The summed E-state index contributed by atoms with van der Waals surface area (Å²) in [5, 5.41) is 27.1. The summed E-state index contributed by atoms with van der Waals surface area (Å²) in [5.41, 5.74) is 3.77. The van der Waals surface area contributed by atoms with Crippen molar-refractivity contribution in [1.82, 2.24) is 20.5 Å². The highest BCUT2D eigenvalue weighted by Gasteiger charge is 2.29. The Balaban J connectivity index is 1.27. The molecule has 0 unspecified atom stereocenters. The van der Waals surface area contributed by atoms with Crippen LogP contribution in [-0.4, -0.2) is 39.1 Å². The molecule has 0 aliphatic heterocycles. The van der Waals surface area contributed by atoms with Crippen molar-refractivity contribution >= 4 is 28.3 Å². The summed E-state index contributed by atoms with van der Waals surface area (Å²) >= 11 is 1.10. The number of thioether (sulfide) groups is 1. The first-order valence-electron chi connectivity index (χ1n) is 10.3. The van der Waals surface area contributed by atoms with Crippen molar-refractivity contribution in [2.75, 3.05) is 12.9 Å². The van der Waals surface area contributed by atoms with Crippen LogP contribution < -0.4 is 14.5 Å². The lowest BCUT2D eigenvalue weighted by Crippen LogP contribution is -2.39. The van der Waals surface area contributed by atoms with Crippen molar-refractivity contribution in [2.24, 2.45) is 0 Å². The van der Waals surface area contributed by atoms with Crippen molar-refractivity contribution in [3.63, 3.8) is 0 Å². The van der Waals surface area contributed by atoms with Crippen LogP contribution in [0, 0.1) is 0 Å².